The van der Waals surface area contributed by atoms with Gasteiger partial charge in [-0.15, -0.1) is 0 Å². The molecule has 102 valence electrons. The maximum absolute atomic E-state index is 6.40. The van der Waals surface area contributed by atoms with Gasteiger partial charge in [0.05, 0.1) is 23.0 Å². The van der Waals surface area contributed by atoms with Crippen molar-refractivity contribution >= 4 is 50.1 Å². The molecule has 1 aromatic carbocycles. The monoisotopic (exact) mass is 453 g/mol. The number of halogens is 3. The van der Waals surface area contributed by atoms with Crippen LogP contribution in [0, 0.1) is 3.57 Å². The molecule has 6 heteroatoms. The summed E-state index contributed by atoms with van der Waals surface area (Å²) in [6.07, 6.45) is 1.65. The Morgan fingerprint density at radius 3 is 2.74 bits per heavy atom. The smallest absolute Gasteiger partial charge is 0.0837 e. The minimum absolute atomic E-state index is 0.221. The number of benzene rings is 1. The fourth-order valence-electron chi connectivity index (χ4n) is 1.95. The highest BCUT2D eigenvalue weighted by molar-refractivity contribution is 14.1. The van der Waals surface area contributed by atoms with E-state index in [1.807, 2.05) is 22.9 Å². The third-order valence-corrected chi connectivity index (χ3v) is 4.63. The van der Waals surface area contributed by atoms with E-state index in [0.29, 0.717) is 5.02 Å². The third-order valence-electron chi connectivity index (χ3n) is 2.86. The number of aromatic nitrogens is 2. The molecule has 1 atom stereocenters. The molecular weight excluding hydrogens is 440 g/mol. The summed E-state index contributed by atoms with van der Waals surface area (Å²) in [7, 11) is 0. The second kappa shape index (κ2) is 6.11. The van der Waals surface area contributed by atoms with Crippen LogP contribution in [0.4, 0.5) is 0 Å². The summed E-state index contributed by atoms with van der Waals surface area (Å²) in [6.45, 7) is 4.12. The molecule has 3 nitrogen and oxygen atoms in total. The van der Waals surface area contributed by atoms with Crippen LogP contribution >= 0.6 is 50.1 Å². The van der Waals surface area contributed by atoms with E-state index < -0.39 is 0 Å². The molecule has 0 saturated heterocycles. The number of nitrogens with zero attached hydrogens (tertiary/aromatic N) is 2. The topological polar surface area (TPSA) is 43.8 Å². The van der Waals surface area contributed by atoms with Gasteiger partial charge < -0.3 is 5.73 Å². The normalized spacial score (nSPS) is 13.0. The molecule has 0 amide bonds. The maximum atomic E-state index is 6.40. The van der Waals surface area contributed by atoms with E-state index in [0.717, 1.165) is 19.3 Å². The number of nitrogens with two attached hydrogens (primary N) is 1. The SMILES string of the molecule is CC(C)n1ncc(Cl)c1C(N)c1cc(Br)ccc1I. The quantitative estimate of drug-likeness (QED) is 0.693. The van der Waals surface area contributed by atoms with Crippen molar-refractivity contribution in [1.82, 2.24) is 9.78 Å². The van der Waals surface area contributed by atoms with Crippen LogP contribution in [-0.4, -0.2) is 9.78 Å². The van der Waals surface area contributed by atoms with Crippen molar-refractivity contribution < 1.29 is 0 Å². The van der Waals surface area contributed by atoms with Crippen LogP contribution in [0.25, 0.3) is 0 Å². The van der Waals surface area contributed by atoms with Crippen molar-refractivity contribution in [2.24, 2.45) is 5.73 Å². The molecule has 0 bridgehead atoms. The summed E-state index contributed by atoms with van der Waals surface area (Å²) in [6, 6.07) is 5.99. The van der Waals surface area contributed by atoms with Crippen LogP contribution < -0.4 is 5.73 Å². The average molecular weight is 455 g/mol. The number of rotatable bonds is 3. The van der Waals surface area contributed by atoms with Gasteiger partial charge >= 0.3 is 0 Å². The second-order valence-corrected chi connectivity index (χ2v) is 7.04. The van der Waals surface area contributed by atoms with Crippen LogP contribution in [0.3, 0.4) is 0 Å². The minimum Gasteiger partial charge on any atom is -0.319 e. The highest BCUT2D eigenvalue weighted by atomic mass is 127. The first-order valence-corrected chi connectivity index (χ1v) is 8.10. The molecule has 2 aromatic rings. The summed E-state index contributed by atoms with van der Waals surface area (Å²) < 4.78 is 4.00. The molecular formula is C13H14BrClIN3. The highest BCUT2D eigenvalue weighted by Gasteiger charge is 2.21. The first-order valence-electron chi connectivity index (χ1n) is 5.85. The molecule has 0 fully saturated rings. The van der Waals surface area contributed by atoms with E-state index in [-0.39, 0.29) is 12.1 Å². The Balaban J connectivity index is 2.52. The number of hydrogen-bond donors (Lipinski definition) is 1. The van der Waals surface area contributed by atoms with E-state index in [9.17, 15) is 0 Å². The molecule has 1 heterocycles. The standard InChI is InChI=1S/C13H14BrClIN3/c1-7(2)19-13(10(15)6-18-19)12(17)9-5-8(14)3-4-11(9)16/h3-7,12H,17H2,1-2H3. The molecule has 2 rings (SSSR count). The van der Waals surface area contributed by atoms with Gasteiger partial charge in [0, 0.05) is 14.1 Å². The average Bonchev–Trinajstić information content (AvgIpc) is 2.73. The zero-order valence-corrected chi connectivity index (χ0v) is 15.1. The minimum atomic E-state index is -0.290. The van der Waals surface area contributed by atoms with Crippen molar-refractivity contribution in [3.8, 4) is 0 Å². The van der Waals surface area contributed by atoms with E-state index in [1.165, 1.54) is 0 Å². The fraction of sp³-hybridized carbons (Fsp3) is 0.308. The summed E-state index contributed by atoms with van der Waals surface area (Å²) in [4.78, 5) is 0. The van der Waals surface area contributed by atoms with Gasteiger partial charge in [-0.05, 0) is 60.2 Å². The first-order chi connectivity index (χ1) is 8.91. The van der Waals surface area contributed by atoms with Gasteiger partial charge in [-0.25, -0.2) is 0 Å². The summed E-state index contributed by atoms with van der Waals surface area (Å²) in [5.41, 5.74) is 8.29. The summed E-state index contributed by atoms with van der Waals surface area (Å²) in [5, 5.41) is 4.91. The van der Waals surface area contributed by atoms with Crippen LogP contribution in [0.2, 0.25) is 5.02 Å². The van der Waals surface area contributed by atoms with E-state index >= 15 is 0 Å². The lowest BCUT2D eigenvalue weighted by Crippen LogP contribution is -2.20. The van der Waals surface area contributed by atoms with Crippen LogP contribution in [0.1, 0.15) is 37.2 Å². The molecule has 2 N–H and O–H groups in total. The fourth-order valence-corrected chi connectivity index (χ4v) is 3.25. The lowest BCUT2D eigenvalue weighted by molar-refractivity contribution is 0.499. The van der Waals surface area contributed by atoms with Gasteiger partial charge in [0.25, 0.3) is 0 Å². The van der Waals surface area contributed by atoms with Crippen molar-refractivity contribution in [3.63, 3.8) is 0 Å². The highest BCUT2D eigenvalue weighted by Crippen LogP contribution is 2.32. The summed E-state index contributed by atoms with van der Waals surface area (Å²) in [5.74, 6) is 0. The molecule has 0 saturated carbocycles. The molecule has 19 heavy (non-hydrogen) atoms. The van der Waals surface area contributed by atoms with E-state index in [2.05, 4.69) is 57.5 Å². The van der Waals surface area contributed by atoms with Crippen molar-refractivity contribution in [2.75, 3.05) is 0 Å². The van der Waals surface area contributed by atoms with Gasteiger partial charge in [0.15, 0.2) is 0 Å². The molecule has 0 aliphatic carbocycles. The largest absolute Gasteiger partial charge is 0.319 e. The van der Waals surface area contributed by atoms with Crippen LogP contribution in [0.5, 0.6) is 0 Å². The second-order valence-electron chi connectivity index (χ2n) is 4.56. The van der Waals surface area contributed by atoms with Crippen molar-refractivity contribution in [2.45, 2.75) is 25.9 Å². The Kier molecular flexibility index (Phi) is 4.92. The third kappa shape index (κ3) is 3.15. The first kappa shape index (κ1) is 15.3. The Labute approximate surface area is 139 Å². The molecule has 0 spiro atoms. The molecule has 0 aliphatic rings. The van der Waals surface area contributed by atoms with Gasteiger partial charge in [0.2, 0.25) is 0 Å². The predicted octanol–water partition coefficient (Wildman–Crippen LogP) is 4.53. The predicted molar refractivity (Wildman–Crippen MR) is 90.5 cm³/mol. The Bertz CT molecular complexity index is 598. The van der Waals surface area contributed by atoms with Gasteiger partial charge in [-0.1, -0.05) is 27.5 Å². The van der Waals surface area contributed by atoms with Gasteiger partial charge in [-0.2, -0.15) is 5.10 Å². The zero-order chi connectivity index (χ0) is 14.2. The lowest BCUT2D eigenvalue weighted by Gasteiger charge is -2.19. The Morgan fingerprint density at radius 2 is 2.11 bits per heavy atom. The van der Waals surface area contributed by atoms with E-state index in [4.69, 9.17) is 17.3 Å². The molecule has 1 aromatic heterocycles. The summed E-state index contributed by atoms with van der Waals surface area (Å²) >= 11 is 12.0. The number of hydrogen-bond acceptors (Lipinski definition) is 2. The van der Waals surface area contributed by atoms with Crippen molar-refractivity contribution in [3.05, 3.63) is 48.7 Å². The van der Waals surface area contributed by atoms with Gasteiger partial charge in [0.1, 0.15) is 0 Å². The molecule has 1 unspecified atom stereocenters. The van der Waals surface area contributed by atoms with Crippen molar-refractivity contribution in [1.29, 1.82) is 0 Å². The molecule has 0 aliphatic heterocycles. The molecule has 0 radical (unpaired) electrons. The maximum Gasteiger partial charge on any atom is 0.0837 e. The zero-order valence-electron chi connectivity index (χ0n) is 10.6. The van der Waals surface area contributed by atoms with Crippen LogP contribution in [-0.2, 0) is 0 Å². The Morgan fingerprint density at radius 1 is 1.42 bits per heavy atom. The lowest BCUT2D eigenvalue weighted by atomic mass is 10.0. The van der Waals surface area contributed by atoms with Crippen LogP contribution in [0.15, 0.2) is 28.9 Å². The van der Waals surface area contributed by atoms with E-state index in [1.54, 1.807) is 6.20 Å². The Hall–Kier alpha value is -0.110. The van der Waals surface area contributed by atoms with Gasteiger partial charge in [-0.3, -0.25) is 4.68 Å².